The summed E-state index contributed by atoms with van der Waals surface area (Å²) in [6.45, 7) is 1.97. The Labute approximate surface area is 256 Å². The van der Waals surface area contributed by atoms with E-state index in [0.717, 1.165) is 23.2 Å². The van der Waals surface area contributed by atoms with Gasteiger partial charge in [-0.25, -0.2) is 23.1 Å². The van der Waals surface area contributed by atoms with Crippen LogP contribution in [0, 0.1) is 5.82 Å². The van der Waals surface area contributed by atoms with Gasteiger partial charge in [0.25, 0.3) is 5.92 Å². The molecule has 230 valence electrons. The molecule has 0 bridgehead atoms. The van der Waals surface area contributed by atoms with Crippen LogP contribution in [0.3, 0.4) is 0 Å². The van der Waals surface area contributed by atoms with E-state index in [1.54, 1.807) is 29.7 Å². The maximum absolute atomic E-state index is 14.7. The van der Waals surface area contributed by atoms with Crippen LogP contribution >= 0.6 is 0 Å². The maximum atomic E-state index is 14.7. The van der Waals surface area contributed by atoms with Crippen molar-refractivity contribution in [1.82, 2.24) is 44.9 Å². The Kier molecular flexibility index (Phi) is 7.42. The molecule has 3 N–H and O–H groups in total. The summed E-state index contributed by atoms with van der Waals surface area (Å²) in [5.41, 5.74) is 7.40. The third-order valence-corrected chi connectivity index (χ3v) is 7.87. The van der Waals surface area contributed by atoms with Crippen LogP contribution in [-0.2, 0) is 6.54 Å². The number of likely N-dealkylation sites (tertiary alicyclic amines) is 1. The second kappa shape index (κ2) is 11.6. The SMILES string of the molecule is CN(C)CCNc1cc(F)cc(-c2cncc3[nH]c(-c4n[nH]c5ccc(-c6cncc(CN7CCC(F)(F)C7)c6)nc45)nc23)c1. The molecule has 6 aromatic rings. The summed E-state index contributed by atoms with van der Waals surface area (Å²) in [4.78, 5) is 25.6. The Morgan fingerprint density at radius 3 is 2.64 bits per heavy atom. The zero-order chi connectivity index (χ0) is 31.1. The Morgan fingerprint density at radius 1 is 0.956 bits per heavy atom. The van der Waals surface area contributed by atoms with E-state index in [-0.39, 0.29) is 18.8 Å². The number of halogens is 3. The van der Waals surface area contributed by atoms with Crippen molar-refractivity contribution in [3.63, 3.8) is 0 Å². The summed E-state index contributed by atoms with van der Waals surface area (Å²) in [5.74, 6) is -2.52. The largest absolute Gasteiger partial charge is 0.384 e. The molecule has 0 saturated carbocycles. The molecule has 0 atom stereocenters. The lowest BCUT2D eigenvalue weighted by molar-refractivity contribution is 0.0115. The number of imidazole rings is 1. The summed E-state index contributed by atoms with van der Waals surface area (Å²) in [6, 6.07) is 10.5. The summed E-state index contributed by atoms with van der Waals surface area (Å²) in [6.07, 6.45) is 6.62. The first-order valence-electron chi connectivity index (χ1n) is 14.6. The van der Waals surface area contributed by atoms with Gasteiger partial charge in [-0.05, 0) is 61.6 Å². The minimum atomic E-state index is -2.65. The van der Waals surface area contributed by atoms with E-state index in [4.69, 9.17) is 9.97 Å². The van der Waals surface area contributed by atoms with Gasteiger partial charge in [-0.15, -0.1) is 0 Å². The molecule has 0 radical (unpaired) electrons. The quantitative estimate of drug-likeness (QED) is 0.194. The van der Waals surface area contributed by atoms with Gasteiger partial charge in [0.2, 0.25) is 0 Å². The minimum Gasteiger partial charge on any atom is -0.384 e. The van der Waals surface area contributed by atoms with Gasteiger partial charge < -0.3 is 15.2 Å². The van der Waals surface area contributed by atoms with Gasteiger partial charge in [-0.1, -0.05) is 0 Å². The van der Waals surface area contributed by atoms with Gasteiger partial charge in [0.1, 0.15) is 11.3 Å². The first kappa shape index (κ1) is 28.9. The Hall–Kier alpha value is -4.88. The zero-order valence-corrected chi connectivity index (χ0v) is 24.8. The molecule has 1 fully saturated rings. The van der Waals surface area contributed by atoms with Gasteiger partial charge in [0.05, 0.1) is 35.0 Å². The maximum Gasteiger partial charge on any atom is 0.261 e. The summed E-state index contributed by atoms with van der Waals surface area (Å²) in [7, 11) is 3.97. The molecule has 10 nitrogen and oxygen atoms in total. The smallest absolute Gasteiger partial charge is 0.261 e. The van der Waals surface area contributed by atoms with Crippen LogP contribution in [0.4, 0.5) is 18.9 Å². The van der Waals surface area contributed by atoms with Gasteiger partial charge in [-0.2, -0.15) is 5.10 Å². The third-order valence-electron chi connectivity index (χ3n) is 7.87. The molecule has 0 amide bonds. The summed E-state index contributed by atoms with van der Waals surface area (Å²) < 4.78 is 42.1. The first-order valence-corrected chi connectivity index (χ1v) is 14.6. The van der Waals surface area contributed by atoms with Crippen molar-refractivity contribution in [2.45, 2.75) is 18.9 Å². The van der Waals surface area contributed by atoms with Gasteiger partial charge >= 0.3 is 0 Å². The van der Waals surface area contributed by atoms with Crippen molar-refractivity contribution in [3.8, 4) is 33.9 Å². The van der Waals surface area contributed by atoms with Crippen LogP contribution in [0.1, 0.15) is 12.0 Å². The fourth-order valence-corrected chi connectivity index (χ4v) is 5.67. The Balaban J connectivity index is 1.20. The number of hydrogen-bond acceptors (Lipinski definition) is 8. The minimum absolute atomic E-state index is 0.126. The van der Waals surface area contributed by atoms with E-state index in [1.165, 1.54) is 12.1 Å². The molecule has 13 heteroatoms. The number of likely N-dealkylation sites (N-methyl/N-ethyl adjacent to an activating group) is 1. The second-order valence-electron chi connectivity index (χ2n) is 11.7. The number of nitrogens with zero attached hydrogens (tertiary/aromatic N) is 7. The van der Waals surface area contributed by atoms with Crippen LogP contribution in [0.5, 0.6) is 0 Å². The number of pyridine rings is 3. The van der Waals surface area contributed by atoms with Crippen LogP contribution in [0.2, 0.25) is 0 Å². The zero-order valence-electron chi connectivity index (χ0n) is 24.8. The molecule has 45 heavy (non-hydrogen) atoms. The molecule has 1 aliphatic rings. The Morgan fingerprint density at radius 2 is 1.82 bits per heavy atom. The van der Waals surface area contributed by atoms with Crippen LogP contribution < -0.4 is 5.32 Å². The van der Waals surface area contributed by atoms with E-state index in [0.29, 0.717) is 70.2 Å². The van der Waals surface area contributed by atoms with Gasteiger partial charge in [0, 0.05) is 68.0 Å². The van der Waals surface area contributed by atoms with E-state index in [9.17, 15) is 13.2 Å². The lowest BCUT2D eigenvalue weighted by atomic mass is 10.1. The van der Waals surface area contributed by atoms with E-state index >= 15 is 0 Å². The van der Waals surface area contributed by atoms with E-state index in [1.807, 2.05) is 38.4 Å². The number of anilines is 1. The lowest BCUT2D eigenvalue weighted by Crippen LogP contribution is -2.24. The van der Waals surface area contributed by atoms with Gasteiger partial charge in [0.15, 0.2) is 11.5 Å². The first-order chi connectivity index (χ1) is 21.7. The molecule has 7 rings (SSSR count). The lowest BCUT2D eigenvalue weighted by Gasteiger charge is -2.15. The number of H-pyrrole nitrogens is 2. The highest BCUT2D eigenvalue weighted by Crippen LogP contribution is 2.33. The van der Waals surface area contributed by atoms with Crippen molar-refractivity contribution in [3.05, 3.63) is 72.6 Å². The molecule has 1 aliphatic heterocycles. The Bertz CT molecular complexity index is 2000. The van der Waals surface area contributed by atoms with Crippen molar-refractivity contribution in [2.75, 3.05) is 45.6 Å². The molecule has 0 unspecified atom stereocenters. The third kappa shape index (κ3) is 6.08. The topological polar surface area (TPSA) is 115 Å². The van der Waals surface area contributed by atoms with Crippen molar-refractivity contribution >= 4 is 27.8 Å². The fraction of sp³-hybridized carbons (Fsp3) is 0.281. The number of alkyl halides is 2. The fourth-order valence-electron chi connectivity index (χ4n) is 5.67. The van der Waals surface area contributed by atoms with E-state index in [2.05, 4.69) is 35.4 Å². The number of rotatable bonds is 9. The van der Waals surface area contributed by atoms with Crippen LogP contribution in [0.25, 0.3) is 56.0 Å². The number of hydrogen-bond donors (Lipinski definition) is 3. The van der Waals surface area contributed by atoms with Crippen LogP contribution in [-0.4, -0.2) is 91.1 Å². The van der Waals surface area contributed by atoms with Crippen molar-refractivity contribution in [1.29, 1.82) is 0 Å². The standard InChI is InChI=1S/C32H31F3N10/c1-44(2)8-6-38-23-11-20(10-22(33)12-23)24-15-37-16-27-28(24)41-31(40-27)30-29-26(42-43-30)4-3-25(39-29)21-9-19(13-36-14-21)17-45-7-5-32(34,35)18-45/h3-4,9-16,38H,5-8,17-18H2,1-2H3,(H,40,41)(H,42,43). The molecule has 1 saturated heterocycles. The number of nitrogens with one attached hydrogen (secondary N) is 3. The predicted octanol–water partition coefficient (Wildman–Crippen LogP) is 5.58. The average molecular weight is 613 g/mol. The highest BCUT2D eigenvalue weighted by molar-refractivity contribution is 5.96. The second-order valence-corrected chi connectivity index (χ2v) is 11.7. The molecule has 0 aliphatic carbocycles. The molecular weight excluding hydrogens is 581 g/mol. The molecule has 1 aromatic carbocycles. The molecule has 6 heterocycles. The van der Waals surface area contributed by atoms with Gasteiger partial charge in [-0.3, -0.25) is 20.0 Å². The highest BCUT2D eigenvalue weighted by Gasteiger charge is 2.37. The van der Waals surface area contributed by atoms with Crippen molar-refractivity contribution < 1.29 is 13.2 Å². The highest BCUT2D eigenvalue weighted by atomic mass is 19.3. The summed E-state index contributed by atoms with van der Waals surface area (Å²) in [5, 5.41) is 10.8. The van der Waals surface area contributed by atoms with Crippen molar-refractivity contribution in [2.24, 2.45) is 0 Å². The monoisotopic (exact) mass is 612 g/mol. The predicted molar refractivity (Wildman–Crippen MR) is 167 cm³/mol. The number of fused-ring (bicyclic) bond motifs is 2. The summed E-state index contributed by atoms with van der Waals surface area (Å²) >= 11 is 0. The van der Waals surface area contributed by atoms with E-state index < -0.39 is 5.92 Å². The number of benzene rings is 1. The molecule has 0 spiro atoms. The molecule has 5 aromatic heterocycles. The molecular formula is C32H31F3N10. The van der Waals surface area contributed by atoms with Crippen LogP contribution in [0.15, 0.2) is 61.2 Å². The average Bonchev–Trinajstić information content (AvgIpc) is 3.72. The normalized spacial score (nSPS) is 15.1. The number of aromatic nitrogens is 7. The number of aromatic amines is 2.